The van der Waals surface area contributed by atoms with Crippen LogP contribution in [0.25, 0.3) is 0 Å². The highest BCUT2D eigenvalue weighted by Crippen LogP contribution is 2.26. The Bertz CT molecular complexity index is 640. The molecule has 0 aliphatic carbocycles. The number of amides is 1. The molecule has 7 heteroatoms. The summed E-state index contributed by atoms with van der Waals surface area (Å²) in [5, 5.41) is 11.7. The maximum atomic E-state index is 12.2. The predicted octanol–water partition coefficient (Wildman–Crippen LogP) is 2.12. The van der Waals surface area contributed by atoms with Gasteiger partial charge in [-0.1, -0.05) is 0 Å². The number of carboxylic acid groups (broad SMARTS) is 1. The second-order valence-electron chi connectivity index (χ2n) is 6.43. The summed E-state index contributed by atoms with van der Waals surface area (Å²) in [6, 6.07) is 5.47. The molecule has 0 radical (unpaired) electrons. The Labute approximate surface area is 146 Å². The third-order valence-corrected chi connectivity index (χ3v) is 4.49. The summed E-state index contributed by atoms with van der Waals surface area (Å²) in [6.07, 6.45) is 1.06. The lowest BCUT2D eigenvalue weighted by Crippen LogP contribution is -2.30. The van der Waals surface area contributed by atoms with E-state index in [1.54, 1.807) is 6.07 Å². The second-order valence-corrected chi connectivity index (χ2v) is 6.43. The van der Waals surface area contributed by atoms with Crippen LogP contribution in [0.1, 0.15) is 31.2 Å². The summed E-state index contributed by atoms with van der Waals surface area (Å²) < 4.78 is 16.6. The highest BCUT2D eigenvalue weighted by Gasteiger charge is 2.34. The first-order valence-corrected chi connectivity index (χ1v) is 8.57. The molecule has 2 aliphatic heterocycles. The summed E-state index contributed by atoms with van der Waals surface area (Å²) in [7, 11) is 0. The number of aryl methyl sites for hydroxylation is 1. The van der Waals surface area contributed by atoms with Gasteiger partial charge in [0.2, 0.25) is 0 Å². The van der Waals surface area contributed by atoms with Crippen LogP contribution in [-0.2, 0) is 19.1 Å². The standard InChI is InChI=1S/C18H23NO6/c1-11-10-12(2-3-14(11)24-13-6-8-23-9-7-13)19-17(20)15-4-5-16(25-15)18(21)22/h2-3,10,13,15-16H,4-9H2,1H3,(H,19,20)(H,21,22)/t15-,16+/m0/s1. The van der Waals surface area contributed by atoms with Crippen LogP contribution >= 0.6 is 0 Å². The monoisotopic (exact) mass is 349 g/mol. The molecule has 0 bridgehead atoms. The smallest absolute Gasteiger partial charge is 0.332 e. The number of rotatable bonds is 5. The van der Waals surface area contributed by atoms with E-state index in [1.807, 2.05) is 19.1 Å². The van der Waals surface area contributed by atoms with Crippen LogP contribution in [0.5, 0.6) is 5.75 Å². The van der Waals surface area contributed by atoms with Gasteiger partial charge in [-0.3, -0.25) is 4.79 Å². The fraction of sp³-hybridized carbons (Fsp3) is 0.556. The fourth-order valence-corrected chi connectivity index (χ4v) is 3.07. The fourth-order valence-electron chi connectivity index (χ4n) is 3.07. The average Bonchev–Trinajstić information content (AvgIpc) is 3.09. The largest absolute Gasteiger partial charge is 0.490 e. The van der Waals surface area contributed by atoms with Crippen molar-refractivity contribution in [1.82, 2.24) is 0 Å². The van der Waals surface area contributed by atoms with Gasteiger partial charge in [0.15, 0.2) is 6.10 Å². The molecular formula is C18H23NO6. The lowest BCUT2D eigenvalue weighted by Gasteiger charge is -2.24. The van der Waals surface area contributed by atoms with Gasteiger partial charge in [-0.05, 0) is 43.5 Å². The van der Waals surface area contributed by atoms with E-state index in [4.69, 9.17) is 19.3 Å². The normalized spacial score (nSPS) is 24.0. The van der Waals surface area contributed by atoms with Crippen molar-refractivity contribution in [2.45, 2.75) is 50.9 Å². The topological polar surface area (TPSA) is 94.1 Å². The molecule has 7 nitrogen and oxygen atoms in total. The van der Waals surface area contributed by atoms with Gasteiger partial charge < -0.3 is 24.6 Å². The lowest BCUT2D eigenvalue weighted by molar-refractivity contribution is -0.150. The van der Waals surface area contributed by atoms with E-state index >= 15 is 0 Å². The van der Waals surface area contributed by atoms with Crippen molar-refractivity contribution in [3.05, 3.63) is 23.8 Å². The van der Waals surface area contributed by atoms with E-state index in [0.29, 0.717) is 18.5 Å². The number of carboxylic acids is 1. The molecule has 136 valence electrons. The first-order valence-electron chi connectivity index (χ1n) is 8.57. The molecule has 2 N–H and O–H groups in total. The Morgan fingerprint density at radius 2 is 1.88 bits per heavy atom. The maximum absolute atomic E-state index is 12.2. The molecule has 0 spiro atoms. The molecule has 2 saturated heterocycles. The summed E-state index contributed by atoms with van der Waals surface area (Å²) >= 11 is 0. The molecule has 1 amide bonds. The summed E-state index contributed by atoms with van der Waals surface area (Å²) in [5.41, 5.74) is 1.57. The molecule has 2 aliphatic rings. The molecule has 2 atom stereocenters. The average molecular weight is 349 g/mol. The molecule has 2 heterocycles. The lowest BCUT2D eigenvalue weighted by atomic mass is 10.1. The first kappa shape index (κ1) is 17.7. The van der Waals surface area contributed by atoms with Gasteiger partial charge in [-0.25, -0.2) is 4.79 Å². The van der Waals surface area contributed by atoms with Crippen LogP contribution in [0.4, 0.5) is 5.69 Å². The number of nitrogens with one attached hydrogen (secondary N) is 1. The van der Waals surface area contributed by atoms with E-state index in [9.17, 15) is 9.59 Å². The van der Waals surface area contributed by atoms with Crippen LogP contribution < -0.4 is 10.1 Å². The van der Waals surface area contributed by atoms with E-state index in [2.05, 4.69) is 5.32 Å². The third-order valence-electron chi connectivity index (χ3n) is 4.49. The highest BCUT2D eigenvalue weighted by atomic mass is 16.5. The Morgan fingerprint density at radius 3 is 2.52 bits per heavy atom. The minimum atomic E-state index is -1.03. The zero-order valence-electron chi connectivity index (χ0n) is 14.2. The van der Waals surface area contributed by atoms with Crippen molar-refractivity contribution < 1.29 is 28.9 Å². The molecule has 1 aromatic carbocycles. The van der Waals surface area contributed by atoms with Gasteiger partial charge in [-0.2, -0.15) is 0 Å². The minimum Gasteiger partial charge on any atom is -0.490 e. The van der Waals surface area contributed by atoms with E-state index in [1.165, 1.54) is 0 Å². The van der Waals surface area contributed by atoms with Gasteiger partial charge in [-0.15, -0.1) is 0 Å². The zero-order chi connectivity index (χ0) is 17.8. The quantitative estimate of drug-likeness (QED) is 0.846. The van der Waals surface area contributed by atoms with Crippen molar-refractivity contribution in [3.63, 3.8) is 0 Å². The van der Waals surface area contributed by atoms with Crippen LogP contribution in [0.3, 0.4) is 0 Å². The third kappa shape index (κ3) is 4.49. The molecule has 2 fully saturated rings. The van der Waals surface area contributed by atoms with Crippen LogP contribution in [-0.4, -0.2) is 48.5 Å². The predicted molar refractivity (Wildman–Crippen MR) is 89.8 cm³/mol. The van der Waals surface area contributed by atoms with Gasteiger partial charge in [0.05, 0.1) is 13.2 Å². The van der Waals surface area contributed by atoms with Crippen molar-refractivity contribution in [2.24, 2.45) is 0 Å². The molecule has 3 rings (SSSR count). The summed E-state index contributed by atoms with van der Waals surface area (Å²) in [6.45, 7) is 3.37. The zero-order valence-corrected chi connectivity index (χ0v) is 14.2. The summed E-state index contributed by atoms with van der Waals surface area (Å²) in [5.74, 6) is -0.546. The Balaban J connectivity index is 1.57. The molecule has 0 unspecified atom stereocenters. The minimum absolute atomic E-state index is 0.160. The molecule has 1 aromatic rings. The molecule has 0 aromatic heterocycles. The first-order chi connectivity index (χ1) is 12.0. The summed E-state index contributed by atoms with van der Waals surface area (Å²) in [4.78, 5) is 23.1. The second kappa shape index (κ2) is 7.84. The number of aliphatic carboxylic acids is 1. The number of carbonyl (C=O) groups is 2. The number of carbonyl (C=O) groups excluding carboxylic acids is 1. The van der Waals surface area contributed by atoms with E-state index in [-0.39, 0.29) is 12.0 Å². The van der Waals surface area contributed by atoms with Crippen molar-refractivity contribution in [2.75, 3.05) is 18.5 Å². The van der Waals surface area contributed by atoms with Gasteiger partial charge in [0.1, 0.15) is 18.0 Å². The van der Waals surface area contributed by atoms with Crippen LogP contribution in [0.15, 0.2) is 18.2 Å². The van der Waals surface area contributed by atoms with Crippen molar-refractivity contribution >= 4 is 17.6 Å². The van der Waals surface area contributed by atoms with Gasteiger partial charge in [0, 0.05) is 18.5 Å². The Hall–Kier alpha value is -2.12. The van der Waals surface area contributed by atoms with Gasteiger partial charge in [0.25, 0.3) is 5.91 Å². The molecular weight excluding hydrogens is 326 g/mol. The number of hydrogen-bond acceptors (Lipinski definition) is 5. The van der Waals surface area contributed by atoms with Gasteiger partial charge >= 0.3 is 5.97 Å². The maximum Gasteiger partial charge on any atom is 0.332 e. The van der Waals surface area contributed by atoms with Crippen LogP contribution in [0.2, 0.25) is 0 Å². The highest BCUT2D eigenvalue weighted by molar-refractivity contribution is 5.94. The number of anilines is 1. The van der Waals surface area contributed by atoms with E-state index < -0.39 is 18.2 Å². The van der Waals surface area contributed by atoms with Crippen molar-refractivity contribution in [3.8, 4) is 5.75 Å². The molecule has 25 heavy (non-hydrogen) atoms. The molecule has 0 saturated carbocycles. The number of hydrogen-bond donors (Lipinski definition) is 2. The number of benzene rings is 1. The SMILES string of the molecule is Cc1cc(NC(=O)[C@@H]2CC[C@H](C(=O)O)O2)ccc1OC1CCOCC1. The Morgan fingerprint density at radius 1 is 1.16 bits per heavy atom. The van der Waals surface area contributed by atoms with Crippen molar-refractivity contribution in [1.29, 1.82) is 0 Å². The Kier molecular flexibility index (Phi) is 5.55. The number of ether oxygens (including phenoxy) is 3. The van der Waals surface area contributed by atoms with E-state index in [0.717, 1.165) is 37.4 Å². The van der Waals surface area contributed by atoms with Crippen LogP contribution in [0, 0.1) is 6.92 Å².